The third-order valence-corrected chi connectivity index (χ3v) is 6.04. The predicted octanol–water partition coefficient (Wildman–Crippen LogP) is 4.09. The number of ether oxygens (including phenoxy) is 2. The van der Waals surface area contributed by atoms with Crippen LogP contribution in [0.15, 0.2) is 58.8 Å². The molecule has 1 unspecified atom stereocenters. The maximum Gasteiger partial charge on any atom is 0.276 e. The average molecular weight is 432 g/mol. The van der Waals surface area contributed by atoms with E-state index < -0.39 is 0 Å². The Balaban J connectivity index is 1.49. The molecule has 0 radical (unpaired) electrons. The summed E-state index contributed by atoms with van der Waals surface area (Å²) in [4.78, 5) is 22.6. The van der Waals surface area contributed by atoms with Crippen molar-refractivity contribution in [2.24, 2.45) is 4.99 Å². The summed E-state index contributed by atoms with van der Waals surface area (Å²) in [6.07, 6.45) is 7.69. The van der Waals surface area contributed by atoms with Gasteiger partial charge < -0.3 is 9.47 Å². The van der Waals surface area contributed by atoms with E-state index in [9.17, 15) is 4.79 Å². The molecule has 0 spiro atoms. The van der Waals surface area contributed by atoms with Crippen LogP contribution in [0.3, 0.4) is 0 Å². The van der Waals surface area contributed by atoms with E-state index in [1.54, 1.807) is 24.2 Å². The van der Waals surface area contributed by atoms with Crippen LogP contribution in [0.1, 0.15) is 42.5 Å². The summed E-state index contributed by atoms with van der Waals surface area (Å²) in [6.45, 7) is 9.65. The zero-order valence-corrected chi connectivity index (χ0v) is 17.9. The van der Waals surface area contributed by atoms with Crippen LogP contribution in [-0.4, -0.2) is 49.0 Å². The van der Waals surface area contributed by atoms with Crippen LogP contribution in [0.4, 0.5) is 0 Å². The topological polar surface area (TPSA) is 72.4 Å². The minimum atomic E-state index is -0.367. The minimum Gasteiger partial charge on any atom is -0.491 e. The number of carbonyl (C=O) groups is 1. The summed E-state index contributed by atoms with van der Waals surface area (Å²) in [7, 11) is 0. The summed E-state index contributed by atoms with van der Waals surface area (Å²) < 4.78 is 13.6. The summed E-state index contributed by atoms with van der Waals surface area (Å²) in [5.41, 5.74) is 3.14. The first-order chi connectivity index (χ1) is 14.7. The molecule has 1 atom stereocenters. The lowest BCUT2D eigenvalue weighted by Gasteiger charge is -2.31. The van der Waals surface area contributed by atoms with Crippen LogP contribution in [0.25, 0.3) is 0 Å². The quantitative estimate of drug-likeness (QED) is 0.209. The molecule has 1 aromatic rings. The molecule has 0 saturated carbocycles. The number of aliphatic imine (C=N–C) groups is 1. The Morgan fingerprint density at radius 3 is 2.80 bits per heavy atom. The van der Waals surface area contributed by atoms with Crippen LogP contribution in [0.5, 0.6) is 0 Å². The first-order valence-electron chi connectivity index (χ1n) is 10.2. The Morgan fingerprint density at radius 1 is 1.27 bits per heavy atom. The van der Waals surface area contributed by atoms with Crippen LogP contribution >= 0.6 is 11.9 Å². The van der Waals surface area contributed by atoms with Crippen molar-refractivity contribution in [3.8, 4) is 0 Å². The van der Waals surface area contributed by atoms with Gasteiger partial charge in [-0.2, -0.15) is 0 Å². The number of nitrogens with zero attached hydrogens (tertiary/aromatic N) is 2. The number of rotatable bonds is 9. The number of piperidine rings is 1. The molecule has 1 amide bonds. The highest BCUT2D eigenvalue weighted by atomic mass is 32.2. The molecule has 2 aliphatic rings. The first-order valence-corrected chi connectivity index (χ1v) is 11.0. The number of benzene rings is 1. The summed E-state index contributed by atoms with van der Waals surface area (Å²) in [6, 6.07) is 7.55. The Morgan fingerprint density at radius 2 is 2.07 bits per heavy atom. The smallest absolute Gasteiger partial charge is 0.276 e. The summed E-state index contributed by atoms with van der Waals surface area (Å²) >= 11 is 1.59. The number of hydroxylamine groups is 1. The second-order valence-corrected chi connectivity index (χ2v) is 8.28. The Labute approximate surface area is 182 Å². The number of hydrogen-bond acceptors (Lipinski definition) is 7. The Kier molecular flexibility index (Phi) is 8.95. The highest BCUT2D eigenvalue weighted by molar-refractivity contribution is 7.97. The molecule has 0 aliphatic carbocycles. The number of carbonyl (C=O) groups excluding carboxylic acids is 1. The number of allylic oxidation sites excluding steroid dienone is 1. The van der Waals surface area contributed by atoms with Crippen molar-refractivity contribution in [2.75, 3.05) is 19.7 Å². The van der Waals surface area contributed by atoms with Gasteiger partial charge in [-0.25, -0.2) is 14.6 Å². The van der Waals surface area contributed by atoms with E-state index in [0.29, 0.717) is 17.9 Å². The van der Waals surface area contributed by atoms with Gasteiger partial charge in [0.05, 0.1) is 5.56 Å². The second kappa shape index (κ2) is 11.9. The van der Waals surface area contributed by atoms with Gasteiger partial charge in [-0.05, 0) is 62.6 Å². The number of amides is 1. The van der Waals surface area contributed by atoms with Crippen molar-refractivity contribution in [1.82, 2.24) is 9.79 Å². The highest BCUT2D eigenvalue weighted by Gasteiger charge is 2.23. The SMILES string of the molecule is C=N/C=C\C(=C)OC1CCN(Sc2ccccc2C(=O)NOC2CCCCO2)CC1. The van der Waals surface area contributed by atoms with Crippen molar-refractivity contribution in [3.05, 3.63) is 54.4 Å². The third kappa shape index (κ3) is 6.98. The molecule has 0 aromatic heterocycles. The molecule has 2 heterocycles. The van der Waals surface area contributed by atoms with Crippen molar-refractivity contribution < 1.29 is 19.1 Å². The fourth-order valence-electron chi connectivity index (χ4n) is 3.28. The van der Waals surface area contributed by atoms with Gasteiger partial charge in [0, 0.05) is 37.2 Å². The molecule has 3 rings (SSSR count). The normalized spacial score (nSPS) is 20.7. The van der Waals surface area contributed by atoms with Crippen molar-refractivity contribution >= 4 is 24.6 Å². The fourth-order valence-corrected chi connectivity index (χ4v) is 4.35. The lowest BCUT2D eigenvalue weighted by atomic mass is 10.1. The molecule has 0 bridgehead atoms. The lowest BCUT2D eigenvalue weighted by molar-refractivity contribution is -0.186. The zero-order chi connectivity index (χ0) is 21.2. The molecule has 1 aromatic carbocycles. The Hall–Kier alpha value is -2.13. The minimum absolute atomic E-state index is 0.131. The lowest BCUT2D eigenvalue weighted by Crippen LogP contribution is -2.34. The van der Waals surface area contributed by atoms with E-state index in [1.165, 1.54) is 0 Å². The highest BCUT2D eigenvalue weighted by Crippen LogP contribution is 2.30. The molecule has 2 aliphatic heterocycles. The third-order valence-electron chi connectivity index (χ3n) is 4.86. The van der Waals surface area contributed by atoms with Gasteiger partial charge >= 0.3 is 0 Å². The predicted molar refractivity (Wildman–Crippen MR) is 118 cm³/mol. The fraction of sp³-hybridized carbons (Fsp3) is 0.455. The largest absolute Gasteiger partial charge is 0.491 e. The van der Waals surface area contributed by atoms with Gasteiger partial charge in [0.25, 0.3) is 5.91 Å². The maximum atomic E-state index is 12.6. The molecule has 2 saturated heterocycles. The van der Waals surface area contributed by atoms with Gasteiger partial charge in [-0.15, -0.1) is 0 Å². The van der Waals surface area contributed by atoms with Crippen LogP contribution in [0, 0.1) is 0 Å². The van der Waals surface area contributed by atoms with E-state index in [0.717, 1.165) is 50.1 Å². The van der Waals surface area contributed by atoms with Crippen LogP contribution in [0.2, 0.25) is 0 Å². The number of hydrogen-bond donors (Lipinski definition) is 1. The van der Waals surface area contributed by atoms with Gasteiger partial charge in [-0.1, -0.05) is 18.7 Å². The summed E-state index contributed by atoms with van der Waals surface area (Å²) in [5.74, 6) is 0.335. The van der Waals surface area contributed by atoms with Crippen molar-refractivity contribution in [1.29, 1.82) is 0 Å². The maximum absolute atomic E-state index is 12.6. The van der Waals surface area contributed by atoms with Crippen molar-refractivity contribution in [3.63, 3.8) is 0 Å². The first kappa shape index (κ1) is 22.6. The number of nitrogens with one attached hydrogen (secondary N) is 1. The molecule has 7 nitrogen and oxygen atoms in total. The monoisotopic (exact) mass is 431 g/mol. The van der Waals surface area contributed by atoms with E-state index in [-0.39, 0.29) is 18.3 Å². The Bertz CT molecular complexity index is 757. The second-order valence-electron chi connectivity index (χ2n) is 7.14. The van der Waals surface area contributed by atoms with Gasteiger partial charge in [0.15, 0.2) is 6.29 Å². The van der Waals surface area contributed by atoms with Gasteiger partial charge in [0.2, 0.25) is 0 Å². The van der Waals surface area contributed by atoms with E-state index in [2.05, 4.69) is 28.1 Å². The molecule has 1 N–H and O–H groups in total. The standard InChI is InChI=1S/C22H29N3O4S/c1-17(10-13-23-2)28-18-11-14-25(15-12-18)30-20-8-4-3-7-19(20)22(26)24-29-21-9-5-6-16-27-21/h3-4,7-8,10,13,18,21H,1-2,5-6,9,11-12,14-16H2,(H,24,26)/b13-10-. The van der Waals surface area contributed by atoms with Crippen LogP contribution < -0.4 is 5.48 Å². The zero-order valence-electron chi connectivity index (χ0n) is 17.1. The van der Waals surface area contributed by atoms with E-state index in [1.807, 2.05) is 24.3 Å². The van der Waals surface area contributed by atoms with E-state index in [4.69, 9.17) is 14.3 Å². The van der Waals surface area contributed by atoms with Crippen LogP contribution in [-0.2, 0) is 14.3 Å². The average Bonchev–Trinajstić information content (AvgIpc) is 2.78. The van der Waals surface area contributed by atoms with Gasteiger partial charge in [-0.3, -0.25) is 9.79 Å². The van der Waals surface area contributed by atoms with E-state index >= 15 is 0 Å². The molecule has 162 valence electrons. The molecule has 2 fully saturated rings. The molecular weight excluding hydrogens is 402 g/mol. The molecule has 8 heteroatoms. The molecular formula is C22H29N3O4S. The summed E-state index contributed by atoms with van der Waals surface area (Å²) in [5, 5.41) is 0. The van der Waals surface area contributed by atoms with Gasteiger partial charge in [0.1, 0.15) is 11.9 Å². The molecule has 30 heavy (non-hydrogen) atoms. The van der Waals surface area contributed by atoms with Crippen molar-refractivity contribution in [2.45, 2.75) is 49.4 Å².